The van der Waals surface area contributed by atoms with E-state index in [2.05, 4.69) is 31.0 Å². The van der Waals surface area contributed by atoms with Crippen molar-refractivity contribution >= 4 is 60.8 Å². The summed E-state index contributed by atoms with van der Waals surface area (Å²) in [5.41, 5.74) is 0.203. The number of carbonyl (C=O) groups excluding carboxylic acids is 1. The number of amides is 1. The summed E-state index contributed by atoms with van der Waals surface area (Å²) in [7, 11) is -4.00. The second kappa shape index (κ2) is 8.82. The van der Waals surface area contributed by atoms with Gasteiger partial charge in [-0.25, -0.2) is 18.2 Å². The predicted octanol–water partition coefficient (Wildman–Crippen LogP) is 4.25. The van der Waals surface area contributed by atoms with Crippen molar-refractivity contribution in [2.24, 2.45) is 0 Å². The predicted molar refractivity (Wildman–Crippen MR) is 116 cm³/mol. The van der Waals surface area contributed by atoms with Crippen molar-refractivity contribution in [3.05, 3.63) is 81.5 Å². The normalized spacial score (nSPS) is 11.0. The molecule has 0 radical (unpaired) electrons. The van der Waals surface area contributed by atoms with Gasteiger partial charge in [-0.15, -0.1) is 0 Å². The van der Waals surface area contributed by atoms with Crippen molar-refractivity contribution in [2.75, 3.05) is 10.0 Å². The number of nitrogens with zero attached hydrogens (tertiary/aromatic N) is 1. The van der Waals surface area contributed by atoms with Crippen LogP contribution in [0.25, 0.3) is 0 Å². The maximum absolute atomic E-state index is 12.6. The number of carboxylic acids is 1. The zero-order valence-corrected chi connectivity index (χ0v) is 18.1. The van der Waals surface area contributed by atoms with E-state index in [4.69, 9.17) is 11.6 Å². The molecule has 8 nitrogen and oxygen atoms in total. The van der Waals surface area contributed by atoms with Gasteiger partial charge in [0.05, 0.1) is 28.0 Å². The average molecular weight is 511 g/mol. The van der Waals surface area contributed by atoms with Gasteiger partial charge in [0.1, 0.15) is 5.15 Å². The van der Waals surface area contributed by atoms with Crippen LogP contribution in [0.4, 0.5) is 11.4 Å². The maximum atomic E-state index is 12.6. The van der Waals surface area contributed by atoms with Gasteiger partial charge in [-0.2, -0.15) is 0 Å². The summed E-state index contributed by atoms with van der Waals surface area (Å²) in [4.78, 5) is 27.6. The van der Waals surface area contributed by atoms with Gasteiger partial charge in [-0.3, -0.25) is 9.52 Å². The van der Waals surface area contributed by atoms with Crippen LogP contribution in [0.5, 0.6) is 0 Å². The molecule has 0 aliphatic heterocycles. The number of nitrogens with one attached hydrogen (secondary N) is 2. The fourth-order valence-electron chi connectivity index (χ4n) is 2.45. The lowest BCUT2D eigenvalue weighted by molar-refractivity contribution is 0.0698. The first-order chi connectivity index (χ1) is 14.2. The Hall–Kier alpha value is -2.95. The zero-order valence-electron chi connectivity index (χ0n) is 15.0. The van der Waals surface area contributed by atoms with Gasteiger partial charge in [-0.05, 0) is 48.5 Å². The van der Waals surface area contributed by atoms with E-state index in [1.807, 2.05) is 0 Å². The number of carbonyl (C=O) groups is 2. The molecular weight excluding hydrogens is 498 g/mol. The number of anilines is 2. The highest BCUT2D eigenvalue weighted by atomic mass is 79.9. The quantitative estimate of drug-likeness (QED) is 0.426. The summed E-state index contributed by atoms with van der Waals surface area (Å²) in [6, 6.07) is 12.6. The third-order valence-electron chi connectivity index (χ3n) is 3.85. The number of aromatic nitrogens is 1. The molecule has 0 atom stereocenters. The molecule has 3 aromatic rings. The van der Waals surface area contributed by atoms with Crippen LogP contribution in [0, 0.1) is 0 Å². The topological polar surface area (TPSA) is 125 Å². The summed E-state index contributed by atoms with van der Waals surface area (Å²) in [5, 5.41) is 12.0. The monoisotopic (exact) mass is 509 g/mol. The first-order valence-electron chi connectivity index (χ1n) is 8.24. The number of sulfonamides is 1. The Morgan fingerprint density at radius 1 is 1.07 bits per heavy atom. The van der Waals surface area contributed by atoms with E-state index in [0.29, 0.717) is 4.47 Å². The van der Waals surface area contributed by atoms with Crippen LogP contribution in [0.3, 0.4) is 0 Å². The van der Waals surface area contributed by atoms with Crippen molar-refractivity contribution in [3.63, 3.8) is 0 Å². The second-order valence-corrected chi connectivity index (χ2v) is 8.94. The van der Waals surface area contributed by atoms with E-state index in [1.54, 1.807) is 6.07 Å². The van der Waals surface area contributed by atoms with Gasteiger partial charge in [0.25, 0.3) is 15.9 Å². The summed E-state index contributed by atoms with van der Waals surface area (Å²) in [6.45, 7) is 0. The van der Waals surface area contributed by atoms with Gasteiger partial charge < -0.3 is 10.4 Å². The molecule has 0 aliphatic carbocycles. The highest BCUT2D eigenvalue weighted by Crippen LogP contribution is 2.23. The number of pyridine rings is 1. The number of hydrogen-bond acceptors (Lipinski definition) is 5. The summed E-state index contributed by atoms with van der Waals surface area (Å²) >= 11 is 8.87. The van der Waals surface area contributed by atoms with Crippen LogP contribution < -0.4 is 10.0 Å². The molecule has 1 aromatic heterocycles. The molecule has 3 N–H and O–H groups in total. The molecule has 11 heteroatoms. The SMILES string of the molecule is O=C(Nc1ccc(Br)cc1C(=O)O)c1cccc(S(=O)(=O)Nc2ccc(Cl)nc2)c1. The summed E-state index contributed by atoms with van der Waals surface area (Å²) in [5.74, 6) is -1.88. The number of hydrogen-bond donors (Lipinski definition) is 3. The molecule has 0 bridgehead atoms. The van der Waals surface area contributed by atoms with Crippen molar-refractivity contribution in [3.8, 4) is 0 Å². The maximum Gasteiger partial charge on any atom is 0.337 e. The minimum absolute atomic E-state index is 0.0337. The van der Waals surface area contributed by atoms with E-state index in [-0.39, 0.29) is 32.6 Å². The molecule has 1 amide bonds. The van der Waals surface area contributed by atoms with E-state index in [0.717, 1.165) is 0 Å². The molecule has 0 spiro atoms. The summed E-state index contributed by atoms with van der Waals surface area (Å²) < 4.78 is 28.1. The molecule has 1 heterocycles. The lowest BCUT2D eigenvalue weighted by Crippen LogP contribution is -2.17. The van der Waals surface area contributed by atoms with Crippen molar-refractivity contribution in [2.45, 2.75) is 4.90 Å². The second-order valence-electron chi connectivity index (χ2n) is 5.95. The van der Waals surface area contributed by atoms with Crippen molar-refractivity contribution in [1.29, 1.82) is 0 Å². The van der Waals surface area contributed by atoms with Gasteiger partial charge in [-0.1, -0.05) is 33.6 Å². The molecule has 0 unspecified atom stereocenters. The first kappa shape index (κ1) is 21.8. The fraction of sp³-hybridized carbons (Fsp3) is 0. The third-order valence-corrected chi connectivity index (χ3v) is 5.94. The average Bonchev–Trinajstić information content (AvgIpc) is 2.71. The molecular formula is C19H13BrClN3O5S. The third kappa shape index (κ3) is 5.15. The Morgan fingerprint density at radius 2 is 1.83 bits per heavy atom. The number of halogens is 2. The number of benzene rings is 2. The molecule has 30 heavy (non-hydrogen) atoms. The Morgan fingerprint density at radius 3 is 2.50 bits per heavy atom. The highest BCUT2D eigenvalue weighted by molar-refractivity contribution is 9.10. The van der Waals surface area contributed by atoms with Crippen LogP contribution in [0.2, 0.25) is 5.15 Å². The molecule has 154 valence electrons. The van der Waals surface area contributed by atoms with Crippen LogP contribution in [-0.2, 0) is 10.0 Å². The van der Waals surface area contributed by atoms with Crippen LogP contribution in [0.1, 0.15) is 20.7 Å². The number of aromatic carboxylic acids is 1. The van der Waals surface area contributed by atoms with Gasteiger partial charge in [0, 0.05) is 10.0 Å². The fourth-order valence-corrected chi connectivity index (χ4v) is 4.01. The minimum atomic E-state index is -4.00. The van der Waals surface area contributed by atoms with Gasteiger partial charge in [0.2, 0.25) is 0 Å². The minimum Gasteiger partial charge on any atom is -0.478 e. The van der Waals surface area contributed by atoms with Crippen LogP contribution in [0.15, 0.2) is 70.2 Å². The number of rotatable bonds is 6. The van der Waals surface area contributed by atoms with Crippen molar-refractivity contribution < 1.29 is 23.1 Å². The van der Waals surface area contributed by atoms with Gasteiger partial charge >= 0.3 is 5.97 Å². The van der Waals surface area contributed by atoms with E-state index < -0.39 is 21.9 Å². The Bertz CT molecular complexity index is 1230. The first-order valence-corrected chi connectivity index (χ1v) is 10.9. The van der Waals surface area contributed by atoms with Crippen LogP contribution in [-0.4, -0.2) is 30.4 Å². The smallest absolute Gasteiger partial charge is 0.337 e. The lowest BCUT2D eigenvalue weighted by atomic mass is 10.1. The molecule has 0 fully saturated rings. The molecule has 0 aliphatic rings. The zero-order chi connectivity index (χ0) is 21.9. The molecule has 0 saturated carbocycles. The van der Waals surface area contributed by atoms with E-state index >= 15 is 0 Å². The Balaban J connectivity index is 1.85. The number of carboxylic acid groups (broad SMARTS) is 1. The Labute approximate surface area is 185 Å². The highest BCUT2D eigenvalue weighted by Gasteiger charge is 2.18. The van der Waals surface area contributed by atoms with Gasteiger partial charge in [0.15, 0.2) is 0 Å². The summed E-state index contributed by atoms with van der Waals surface area (Å²) in [6.07, 6.45) is 1.26. The lowest BCUT2D eigenvalue weighted by Gasteiger charge is -2.11. The van der Waals surface area contributed by atoms with Crippen LogP contribution >= 0.6 is 27.5 Å². The molecule has 3 rings (SSSR count). The molecule has 0 saturated heterocycles. The molecule has 2 aromatic carbocycles. The Kier molecular flexibility index (Phi) is 6.40. The van der Waals surface area contributed by atoms with E-state index in [1.165, 1.54) is 54.7 Å². The van der Waals surface area contributed by atoms with E-state index in [9.17, 15) is 23.1 Å². The standard InChI is InChI=1S/C19H13BrClN3O5S/c20-12-4-6-16(15(9-12)19(26)27)23-18(25)11-2-1-3-14(8-11)30(28,29)24-13-5-7-17(21)22-10-13/h1-10,24H,(H,23,25)(H,26,27). The van der Waals surface area contributed by atoms with Crippen molar-refractivity contribution in [1.82, 2.24) is 4.98 Å². The largest absolute Gasteiger partial charge is 0.478 e.